The summed E-state index contributed by atoms with van der Waals surface area (Å²) in [6.45, 7) is 10.6. The smallest absolute Gasteiger partial charge is 0.259 e. The molecule has 218 valence electrons. The SMILES string of the molecule is C=C[C@@H]1C[C@]1(NC(=O)[C@@H]1C[C@@H](O)CN1C(=O)[C@@H](CC(=O)N1CCCCC1)C(C)(C)C)C(=O)NS(=O)(=O)C1CC1. The van der Waals surface area contributed by atoms with Gasteiger partial charge in [0.1, 0.15) is 11.6 Å². The molecule has 4 rings (SSSR count). The number of carbonyl (C=O) groups is 4. The molecule has 11 nitrogen and oxygen atoms in total. The van der Waals surface area contributed by atoms with Crippen LogP contribution in [-0.4, -0.2) is 89.5 Å². The molecule has 0 unspecified atom stereocenters. The predicted octanol–water partition coefficient (Wildman–Crippen LogP) is 0.682. The van der Waals surface area contributed by atoms with Crippen molar-refractivity contribution in [2.45, 2.75) is 95.1 Å². The number of carbonyl (C=O) groups excluding carboxylic acids is 4. The summed E-state index contributed by atoms with van der Waals surface area (Å²) in [4.78, 5) is 56.6. The van der Waals surface area contributed by atoms with E-state index in [0.29, 0.717) is 25.9 Å². The molecular weight excluding hydrogens is 524 g/mol. The molecule has 2 aliphatic carbocycles. The van der Waals surface area contributed by atoms with Gasteiger partial charge in [-0.1, -0.05) is 26.8 Å². The van der Waals surface area contributed by atoms with E-state index in [1.807, 2.05) is 20.8 Å². The number of amides is 4. The minimum atomic E-state index is -3.82. The summed E-state index contributed by atoms with van der Waals surface area (Å²) in [5, 5.41) is 12.6. The van der Waals surface area contributed by atoms with Crippen LogP contribution in [0.2, 0.25) is 0 Å². The Labute approximate surface area is 230 Å². The third-order valence-corrected chi connectivity index (χ3v) is 10.4. The molecule has 4 aliphatic rings. The van der Waals surface area contributed by atoms with Crippen molar-refractivity contribution in [3.05, 3.63) is 12.7 Å². The van der Waals surface area contributed by atoms with Gasteiger partial charge >= 0.3 is 0 Å². The van der Waals surface area contributed by atoms with Gasteiger partial charge < -0.3 is 20.2 Å². The van der Waals surface area contributed by atoms with Crippen LogP contribution in [0, 0.1) is 17.3 Å². The van der Waals surface area contributed by atoms with Crippen LogP contribution in [0.5, 0.6) is 0 Å². The zero-order valence-corrected chi connectivity index (χ0v) is 24.0. The Kier molecular flexibility index (Phi) is 8.20. The highest BCUT2D eigenvalue weighted by atomic mass is 32.2. The summed E-state index contributed by atoms with van der Waals surface area (Å²) in [6, 6.07) is -1.06. The number of hydrogen-bond acceptors (Lipinski definition) is 7. The summed E-state index contributed by atoms with van der Waals surface area (Å²) < 4.78 is 26.9. The fourth-order valence-corrected chi connectivity index (χ4v) is 7.10. The average Bonchev–Trinajstić information content (AvgIpc) is 3.79. The molecule has 0 spiro atoms. The van der Waals surface area contributed by atoms with Crippen molar-refractivity contribution >= 4 is 33.7 Å². The molecule has 5 atom stereocenters. The first kappa shape index (κ1) is 29.5. The average molecular weight is 567 g/mol. The molecule has 3 N–H and O–H groups in total. The van der Waals surface area contributed by atoms with Crippen LogP contribution in [0.1, 0.15) is 72.1 Å². The number of aliphatic hydroxyl groups excluding tert-OH is 1. The van der Waals surface area contributed by atoms with Crippen LogP contribution >= 0.6 is 0 Å². The van der Waals surface area contributed by atoms with Crippen LogP contribution in [0.25, 0.3) is 0 Å². The molecule has 0 bridgehead atoms. The molecule has 0 aromatic carbocycles. The number of hydrogen-bond donors (Lipinski definition) is 3. The lowest BCUT2D eigenvalue weighted by Gasteiger charge is -2.36. The highest BCUT2D eigenvalue weighted by Gasteiger charge is 2.62. The van der Waals surface area contributed by atoms with E-state index in [9.17, 15) is 32.7 Å². The van der Waals surface area contributed by atoms with E-state index >= 15 is 0 Å². The number of rotatable bonds is 9. The number of likely N-dealkylation sites (tertiary alicyclic amines) is 2. The van der Waals surface area contributed by atoms with Crippen LogP contribution in [0.15, 0.2) is 12.7 Å². The Hall–Kier alpha value is -2.47. The van der Waals surface area contributed by atoms with Gasteiger partial charge in [-0.3, -0.25) is 23.9 Å². The topological polar surface area (TPSA) is 153 Å². The third kappa shape index (κ3) is 6.32. The van der Waals surface area contributed by atoms with Crippen molar-refractivity contribution in [1.82, 2.24) is 19.8 Å². The molecule has 0 aromatic heterocycles. The van der Waals surface area contributed by atoms with Crippen molar-refractivity contribution < 1.29 is 32.7 Å². The minimum Gasteiger partial charge on any atom is -0.391 e. The zero-order valence-electron chi connectivity index (χ0n) is 23.1. The largest absolute Gasteiger partial charge is 0.391 e. The molecule has 2 saturated carbocycles. The second-order valence-corrected chi connectivity index (χ2v) is 14.6. The molecule has 4 amide bonds. The van der Waals surface area contributed by atoms with Crippen LogP contribution < -0.4 is 10.0 Å². The van der Waals surface area contributed by atoms with Crippen molar-refractivity contribution in [2.75, 3.05) is 19.6 Å². The lowest BCUT2D eigenvalue weighted by Crippen LogP contribution is -2.57. The Morgan fingerprint density at radius 3 is 2.31 bits per heavy atom. The van der Waals surface area contributed by atoms with E-state index in [1.54, 1.807) is 4.90 Å². The van der Waals surface area contributed by atoms with Gasteiger partial charge in [-0.05, 0) is 43.9 Å². The molecule has 12 heteroatoms. The molecule has 39 heavy (non-hydrogen) atoms. The lowest BCUT2D eigenvalue weighted by molar-refractivity contribution is -0.148. The van der Waals surface area contributed by atoms with Crippen molar-refractivity contribution in [3.63, 3.8) is 0 Å². The van der Waals surface area contributed by atoms with Gasteiger partial charge in [-0.15, -0.1) is 6.58 Å². The van der Waals surface area contributed by atoms with Gasteiger partial charge in [0.05, 0.1) is 17.3 Å². The normalized spacial score (nSPS) is 29.9. The zero-order chi connectivity index (χ0) is 28.8. The van der Waals surface area contributed by atoms with Crippen molar-refractivity contribution in [1.29, 1.82) is 0 Å². The van der Waals surface area contributed by atoms with Crippen molar-refractivity contribution in [2.24, 2.45) is 17.3 Å². The Bertz CT molecular complexity index is 1120. The van der Waals surface area contributed by atoms with E-state index < -0.39 is 67.9 Å². The Morgan fingerprint density at radius 2 is 1.77 bits per heavy atom. The van der Waals surface area contributed by atoms with E-state index in [2.05, 4.69) is 16.6 Å². The lowest BCUT2D eigenvalue weighted by atomic mass is 9.77. The first-order valence-corrected chi connectivity index (χ1v) is 15.5. The number of piperidine rings is 1. The highest BCUT2D eigenvalue weighted by molar-refractivity contribution is 7.91. The first-order valence-electron chi connectivity index (χ1n) is 14.0. The molecule has 4 fully saturated rings. The second-order valence-electron chi connectivity index (χ2n) is 12.6. The summed E-state index contributed by atoms with van der Waals surface area (Å²) in [7, 11) is -3.82. The summed E-state index contributed by atoms with van der Waals surface area (Å²) >= 11 is 0. The fourth-order valence-electron chi connectivity index (χ4n) is 5.74. The summed E-state index contributed by atoms with van der Waals surface area (Å²) in [6.07, 6.45) is 4.64. The molecule has 2 aliphatic heterocycles. The number of sulfonamides is 1. The number of nitrogens with zero attached hydrogens (tertiary/aromatic N) is 2. The number of aliphatic hydroxyl groups is 1. The van der Waals surface area contributed by atoms with E-state index in [-0.39, 0.29) is 31.7 Å². The predicted molar refractivity (Wildman–Crippen MR) is 143 cm³/mol. The van der Waals surface area contributed by atoms with E-state index in [0.717, 1.165) is 19.3 Å². The van der Waals surface area contributed by atoms with Gasteiger partial charge in [0, 0.05) is 38.4 Å². The number of β-amino-alcohol motifs (C(OH)–C–C–N with tert-alkyl or cyclic N) is 1. The molecule has 0 aromatic rings. The molecule has 2 saturated heterocycles. The quantitative estimate of drug-likeness (QED) is 0.347. The van der Waals surface area contributed by atoms with Gasteiger partial charge in [0.15, 0.2) is 0 Å². The van der Waals surface area contributed by atoms with Gasteiger partial charge in [-0.25, -0.2) is 8.42 Å². The Balaban J connectivity index is 1.49. The van der Waals surface area contributed by atoms with E-state index in [4.69, 9.17) is 0 Å². The van der Waals surface area contributed by atoms with Crippen LogP contribution in [-0.2, 0) is 29.2 Å². The maximum absolute atomic E-state index is 13.9. The third-order valence-electron chi connectivity index (χ3n) is 8.54. The highest BCUT2D eigenvalue weighted by Crippen LogP contribution is 2.45. The maximum atomic E-state index is 13.9. The minimum absolute atomic E-state index is 0.00712. The van der Waals surface area contributed by atoms with Gasteiger partial charge in [0.2, 0.25) is 27.7 Å². The summed E-state index contributed by atoms with van der Waals surface area (Å²) in [5.41, 5.74) is -2.06. The standard InChI is InChI=1S/C27H42N4O7S/c1-5-17-15-27(17,25(36)29-39(37,38)19-9-10-19)28-23(34)21-13-18(32)16-31(21)24(35)20(26(2,3)4)14-22(33)30-11-7-6-8-12-30/h5,17-21,32H,1,6-16H2,2-4H3,(H,28,34)(H,29,36)/t17-,18-,20-,21+,27-/m1/s1. The second kappa shape index (κ2) is 10.8. The molecule has 0 radical (unpaired) electrons. The maximum Gasteiger partial charge on any atom is 0.259 e. The summed E-state index contributed by atoms with van der Waals surface area (Å²) in [5.74, 6) is -3.12. The number of nitrogens with one attached hydrogen (secondary N) is 2. The molecular formula is C27H42N4O7S. The van der Waals surface area contributed by atoms with Crippen LogP contribution in [0.4, 0.5) is 0 Å². The van der Waals surface area contributed by atoms with Gasteiger partial charge in [0.25, 0.3) is 5.91 Å². The monoisotopic (exact) mass is 566 g/mol. The van der Waals surface area contributed by atoms with Crippen molar-refractivity contribution in [3.8, 4) is 0 Å². The van der Waals surface area contributed by atoms with Crippen LogP contribution in [0.3, 0.4) is 0 Å². The van der Waals surface area contributed by atoms with E-state index in [1.165, 1.54) is 11.0 Å². The Morgan fingerprint density at radius 1 is 1.13 bits per heavy atom. The fraction of sp³-hybridized carbons (Fsp3) is 0.778. The van der Waals surface area contributed by atoms with Gasteiger partial charge in [-0.2, -0.15) is 0 Å². The molecule has 2 heterocycles. The first-order chi connectivity index (χ1) is 18.2.